The van der Waals surface area contributed by atoms with E-state index in [1.54, 1.807) is 0 Å². The molecule has 0 atom stereocenters. The molecule has 28 rings (SSSR count). The third-order valence-corrected chi connectivity index (χ3v) is 33.8. The number of rotatable bonds is 13. The van der Waals surface area contributed by atoms with Crippen molar-refractivity contribution in [2.75, 3.05) is 14.7 Å². The number of hydrogen-bond acceptors (Lipinski definition) is 3. The van der Waals surface area contributed by atoms with E-state index < -0.39 is 0 Å². The minimum atomic E-state index is -0.170. The van der Waals surface area contributed by atoms with Gasteiger partial charge in [0, 0.05) is 77.7 Å². The molecule has 0 fully saturated rings. The van der Waals surface area contributed by atoms with Gasteiger partial charge >= 0.3 is 0 Å². The summed E-state index contributed by atoms with van der Waals surface area (Å²) in [6.45, 7) is 28.4. The molecule has 0 radical (unpaired) electrons. The number of nitrogens with zero attached hydrogens (tertiary/aromatic N) is 3. The minimum absolute atomic E-state index is 0.0448. The predicted molar refractivity (Wildman–Crippen MR) is 623 cm³/mol. The van der Waals surface area contributed by atoms with E-state index in [4.69, 9.17) is 0 Å². The molecule has 0 aromatic heterocycles. The standard InChI is InChI=1S/C52H41N.2C46H37N/c1-51(2)46-23-12-10-21-42(46)44-29-26-38(32-48(44)51)53(39-27-30-45-43-22-11-13-24-47(43)52(3,4)49(45)33-39)37-19-14-18-36(31-37)41-28-25-34-15-8-9-20-40(34)50(41)35-16-6-5-7-17-35;1-45(2)38-22-12-10-19-34(38)36-27-26-32(29-40(36)45)47(42-24-14-21-37-35-20-11-13-23-39(35)46(3,4)44(37)42)41-28-25-30-15-8-9-18-33(30)43(41)31-16-6-5-7-17-31;1-45(2)40-21-13-11-19-36(40)38-28-32(24-26-41(38)45)47(33-23-25-37-35-18-10-12-20-39(35)46(3,4)42(37)29-33)43-27-22-30-14-8-9-17-34(30)44(43)31-15-6-5-7-16-31/h5-33H,1-4H3;2*5-29H,1-4H3. The Hall–Kier alpha value is -17.0. The molecule has 22 aromatic carbocycles. The van der Waals surface area contributed by atoms with E-state index in [1.165, 1.54) is 239 Å². The van der Waals surface area contributed by atoms with E-state index in [0.717, 1.165) is 22.7 Å². The van der Waals surface area contributed by atoms with Gasteiger partial charge in [0.2, 0.25) is 0 Å². The van der Waals surface area contributed by atoms with Crippen molar-refractivity contribution in [1.82, 2.24) is 0 Å². The topological polar surface area (TPSA) is 9.72 Å². The van der Waals surface area contributed by atoms with Gasteiger partial charge < -0.3 is 14.7 Å². The largest absolute Gasteiger partial charge is 0.310 e. The van der Waals surface area contributed by atoms with Crippen LogP contribution in [0.5, 0.6) is 0 Å². The van der Waals surface area contributed by atoms with Crippen LogP contribution in [0.25, 0.3) is 144 Å². The van der Waals surface area contributed by atoms with Crippen LogP contribution in [0.3, 0.4) is 0 Å². The Morgan fingerprint density at radius 1 is 0.136 bits per heavy atom. The maximum absolute atomic E-state index is 2.56. The molecule has 22 aromatic rings. The monoisotopic (exact) mass is 1890 g/mol. The maximum atomic E-state index is 2.56. The van der Waals surface area contributed by atoms with Crippen LogP contribution < -0.4 is 14.7 Å². The van der Waals surface area contributed by atoms with Gasteiger partial charge in [-0.2, -0.15) is 0 Å². The summed E-state index contributed by atoms with van der Waals surface area (Å²) < 4.78 is 0. The Morgan fingerprint density at radius 2 is 0.401 bits per heavy atom. The van der Waals surface area contributed by atoms with Crippen molar-refractivity contribution >= 4 is 83.5 Å². The first-order valence-electron chi connectivity index (χ1n) is 52.2. The summed E-state index contributed by atoms with van der Waals surface area (Å²) in [6.07, 6.45) is 0. The summed E-state index contributed by atoms with van der Waals surface area (Å²) in [6, 6.07) is 178. The second kappa shape index (κ2) is 34.4. The molecule has 0 spiro atoms. The SMILES string of the molecule is CC1(C)c2ccccc2-c2cc(N(c3ccc4c(c3)C(C)(C)c3ccccc3-4)c3ccc4ccccc4c3-c3ccccc3)ccc21.CC1(C)c2ccccc2-c2ccc(N(c3cccc(-c4ccc5ccccc5c4-c4ccccc4)c3)c3ccc4c(c3)C(C)(C)c3ccccc3-4)cc21.CC1(C)c2ccccc2-c2ccc(N(c3cccc4c3C(C)(C)c3ccccc3-4)c3ccc4ccccc4c3-c3ccccc3)cc21. The highest BCUT2D eigenvalue weighted by Crippen LogP contribution is 2.62. The van der Waals surface area contributed by atoms with Crippen LogP contribution in [0.4, 0.5) is 51.2 Å². The molecule has 3 heteroatoms. The van der Waals surface area contributed by atoms with Crippen LogP contribution in [0, 0.1) is 0 Å². The first-order chi connectivity index (χ1) is 71.5. The third-order valence-electron chi connectivity index (χ3n) is 33.8. The van der Waals surface area contributed by atoms with Gasteiger partial charge in [0.1, 0.15) is 0 Å². The van der Waals surface area contributed by atoms with Gasteiger partial charge in [-0.3, -0.25) is 0 Å². The van der Waals surface area contributed by atoms with Crippen molar-refractivity contribution in [3.63, 3.8) is 0 Å². The molecule has 0 heterocycles. The fourth-order valence-electron chi connectivity index (χ4n) is 26.4. The van der Waals surface area contributed by atoms with Crippen LogP contribution in [0.1, 0.15) is 150 Å². The summed E-state index contributed by atoms with van der Waals surface area (Å²) in [5.74, 6) is 0. The summed E-state index contributed by atoms with van der Waals surface area (Å²) in [4.78, 5) is 7.54. The fraction of sp³-hybridized carbons (Fsp3) is 0.125. The molecule has 0 saturated heterocycles. The zero-order valence-electron chi connectivity index (χ0n) is 85.5. The van der Waals surface area contributed by atoms with Gasteiger partial charge in [0.15, 0.2) is 0 Å². The molecule has 3 nitrogen and oxygen atoms in total. The lowest BCUT2D eigenvalue weighted by Gasteiger charge is -2.34. The lowest BCUT2D eigenvalue weighted by atomic mass is 9.80. The smallest absolute Gasteiger partial charge is 0.0546 e. The molecule has 6 aliphatic carbocycles. The molecule has 0 bridgehead atoms. The van der Waals surface area contributed by atoms with E-state index in [1.807, 2.05) is 0 Å². The Bertz CT molecular complexity index is 9000. The average molecular weight is 1890 g/mol. The Morgan fingerprint density at radius 3 is 0.823 bits per heavy atom. The van der Waals surface area contributed by atoms with E-state index in [2.05, 4.69) is 577 Å². The molecule has 0 unspecified atom stereocenters. The van der Waals surface area contributed by atoms with Crippen molar-refractivity contribution in [3.8, 4) is 111 Å². The predicted octanol–water partition coefficient (Wildman–Crippen LogP) is 39.4. The molecular weight excluding hydrogens is 1770 g/mol. The highest BCUT2D eigenvalue weighted by molar-refractivity contribution is 6.10. The van der Waals surface area contributed by atoms with Crippen LogP contribution in [0.2, 0.25) is 0 Å². The average Bonchev–Trinajstić information content (AvgIpc) is 0.945. The Kier molecular flexibility index (Phi) is 21.1. The summed E-state index contributed by atoms with van der Waals surface area (Å²) in [5, 5.41) is 7.50. The third kappa shape index (κ3) is 14.3. The Labute approximate surface area is 864 Å². The van der Waals surface area contributed by atoms with Gasteiger partial charge in [0.25, 0.3) is 0 Å². The summed E-state index contributed by atoms with van der Waals surface area (Å²) in [7, 11) is 0. The number of anilines is 9. The molecule has 0 N–H and O–H groups in total. The zero-order chi connectivity index (χ0) is 99.7. The van der Waals surface area contributed by atoms with Crippen LogP contribution in [0.15, 0.2) is 479 Å². The molecule has 706 valence electrons. The van der Waals surface area contributed by atoms with Crippen molar-refractivity contribution in [2.45, 2.75) is 116 Å². The molecular formula is C144H115N3. The van der Waals surface area contributed by atoms with Crippen molar-refractivity contribution in [2.24, 2.45) is 0 Å². The van der Waals surface area contributed by atoms with Crippen LogP contribution >= 0.6 is 0 Å². The second-order valence-electron chi connectivity index (χ2n) is 44.1. The molecule has 0 saturated carbocycles. The quantitative estimate of drug-likeness (QED) is 0.114. The van der Waals surface area contributed by atoms with Gasteiger partial charge in [-0.05, 0) is 290 Å². The van der Waals surface area contributed by atoms with Gasteiger partial charge in [-0.1, -0.05) is 471 Å². The van der Waals surface area contributed by atoms with Crippen molar-refractivity contribution < 1.29 is 0 Å². The summed E-state index contributed by atoms with van der Waals surface area (Å²) >= 11 is 0. The number of hydrogen-bond donors (Lipinski definition) is 0. The normalized spacial score (nSPS) is 14.6. The van der Waals surface area contributed by atoms with E-state index in [9.17, 15) is 0 Å². The van der Waals surface area contributed by atoms with Crippen LogP contribution in [-0.2, 0) is 32.5 Å². The highest BCUT2D eigenvalue weighted by Gasteiger charge is 2.45. The lowest BCUT2D eigenvalue weighted by Crippen LogP contribution is -2.21. The van der Waals surface area contributed by atoms with E-state index >= 15 is 0 Å². The van der Waals surface area contributed by atoms with Crippen LogP contribution in [-0.4, -0.2) is 0 Å². The number of fused-ring (bicyclic) bond motifs is 21. The minimum Gasteiger partial charge on any atom is -0.310 e. The lowest BCUT2D eigenvalue weighted by molar-refractivity contribution is 0.658. The van der Waals surface area contributed by atoms with Crippen molar-refractivity contribution in [3.05, 3.63) is 546 Å². The molecule has 147 heavy (non-hydrogen) atoms. The first-order valence-corrected chi connectivity index (χ1v) is 52.2. The van der Waals surface area contributed by atoms with Gasteiger partial charge in [0.05, 0.1) is 17.1 Å². The fourth-order valence-corrected chi connectivity index (χ4v) is 26.4. The molecule has 0 amide bonds. The van der Waals surface area contributed by atoms with Crippen molar-refractivity contribution in [1.29, 1.82) is 0 Å². The Balaban J connectivity index is 0.000000112. The second-order valence-corrected chi connectivity index (χ2v) is 44.1. The zero-order valence-corrected chi connectivity index (χ0v) is 85.5. The number of benzene rings is 22. The van der Waals surface area contributed by atoms with Gasteiger partial charge in [-0.25, -0.2) is 0 Å². The molecule has 0 aliphatic heterocycles. The summed E-state index contributed by atoms with van der Waals surface area (Å²) in [5.41, 5.74) is 52.4. The van der Waals surface area contributed by atoms with Gasteiger partial charge in [-0.15, -0.1) is 0 Å². The van der Waals surface area contributed by atoms with E-state index in [0.29, 0.717) is 0 Å². The first kappa shape index (κ1) is 90.1. The van der Waals surface area contributed by atoms with E-state index in [-0.39, 0.29) is 32.5 Å². The maximum Gasteiger partial charge on any atom is 0.0546 e. The molecule has 6 aliphatic rings. The highest BCUT2D eigenvalue weighted by atomic mass is 15.2.